The number of rotatable bonds is 3. The van der Waals surface area contributed by atoms with Gasteiger partial charge in [-0.2, -0.15) is 0 Å². The molecule has 1 unspecified atom stereocenters. The average molecular weight is 426 g/mol. The van der Waals surface area contributed by atoms with Crippen LogP contribution in [0.1, 0.15) is 50.7 Å². The molecule has 0 bridgehead atoms. The number of fused-ring (bicyclic) bond motifs is 2. The molecule has 4 rings (SSSR count). The lowest BCUT2D eigenvalue weighted by molar-refractivity contribution is 0.0849. The lowest BCUT2D eigenvalue weighted by Crippen LogP contribution is -2.41. The summed E-state index contributed by atoms with van der Waals surface area (Å²) in [6, 6.07) is 6.53. The first-order valence-corrected chi connectivity index (χ1v) is 10.7. The van der Waals surface area contributed by atoms with Gasteiger partial charge in [-0.25, -0.2) is 0 Å². The van der Waals surface area contributed by atoms with Crippen molar-refractivity contribution in [3.63, 3.8) is 0 Å². The fraction of sp³-hybridized carbons (Fsp3) is 0.333. The van der Waals surface area contributed by atoms with Crippen LogP contribution >= 0.6 is 11.3 Å². The number of thiophene rings is 1. The SMILES string of the molecule is CCn1c(=O)c(=O)[nH]c2cc(C(=O)NNC(=O)c3cc4c(s3)CCC(C)C4)ccc21. The zero-order chi connectivity index (χ0) is 21.4. The Morgan fingerprint density at radius 3 is 2.73 bits per heavy atom. The fourth-order valence-corrected chi connectivity index (χ4v) is 4.90. The van der Waals surface area contributed by atoms with Crippen LogP contribution in [-0.4, -0.2) is 21.4 Å². The highest BCUT2D eigenvalue weighted by Crippen LogP contribution is 2.32. The van der Waals surface area contributed by atoms with E-state index in [1.165, 1.54) is 32.4 Å². The molecule has 0 saturated heterocycles. The Balaban J connectivity index is 1.49. The molecule has 3 aromatic rings. The number of nitrogens with one attached hydrogen (secondary N) is 3. The molecule has 1 aromatic carbocycles. The Bertz CT molecular complexity index is 1270. The third kappa shape index (κ3) is 3.68. The van der Waals surface area contributed by atoms with E-state index >= 15 is 0 Å². The molecule has 3 N–H and O–H groups in total. The monoisotopic (exact) mass is 426 g/mol. The molecule has 1 aliphatic rings. The molecule has 156 valence electrons. The number of nitrogens with zero attached hydrogens (tertiary/aromatic N) is 1. The van der Waals surface area contributed by atoms with E-state index in [4.69, 9.17) is 0 Å². The number of aromatic nitrogens is 2. The number of benzene rings is 1. The van der Waals surface area contributed by atoms with Crippen LogP contribution in [0.5, 0.6) is 0 Å². The molecule has 2 amide bonds. The van der Waals surface area contributed by atoms with Gasteiger partial charge in [0.05, 0.1) is 15.9 Å². The Hall–Kier alpha value is -3.20. The van der Waals surface area contributed by atoms with Crippen LogP contribution in [0.3, 0.4) is 0 Å². The number of hydrazine groups is 1. The number of aromatic amines is 1. The molecule has 0 saturated carbocycles. The van der Waals surface area contributed by atoms with E-state index in [2.05, 4.69) is 22.8 Å². The maximum atomic E-state index is 12.5. The average Bonchev–Trinajstić information content (AvgIpc) is 3.15. The summed E-state index contributed by atoms with van der Waals surface area (Å²) in [7, 11) is 0. The molecule has 0 fully saturated rings. The second-order valence-electron chi connectivity index (χ2n) is 7.55. The number of hydrogen-bond donors (Lipinski definition) is 3. The number of carbonyl (C=O) groups excluding carboxylic acids is 2. The van der Waals surface area contributed by atoms with E-state index in [-0.39, 0.29) is 11.5 Å². The van der Waals surface area contributed by atoms with Crippen molar-refractivity contribution in [3.05, 3.63) is 65.9 Å². The van der Waals surface area contributed by atoms with Crippen molar-refractivity contribution in [2.24, 2.45) is 5.92 Å². The van der Waals surface area contributed by atoms with Gasteiger partial charge in [-0.15, -0.1) is 11.3 Å². The van der Waals surface area contributed by atoms with Gasteiger partial charge in [0, 0.05) is 17.0 Å². The zero-order valence-electron chi connectivity index (χ0n) is 16.7. The van der Waals surface area contributed by atoms with Gasteiger partial charge < -0.3 is 9.55 Å². The summed E-state index contributed by atoms with van der Waals surface area (Å²) in [5.74, 6) is -0.258. The largest absolute Gasteiger partial charge is 0.316 e. The topological polar surface area (TPSA) is 113 Å². The van der Waals surface area contributed by atoms with Crippen molar-refractivity contribution in [1.82, 2.24) is 20.4 Å². The number of carbonyl (C=O) groups is 2. The maximum Gasteiger partial charge on any atom is 0.316 e. The smallest absolute Gasteiger partial charge is 0.316 e. The molecule has 1 atom stereocenters. The molecular weight excluding hydrogens is 404 g/mol. The fourth-order valence-electron chi connectivity index (χ4n) is 3.80. The van der Waals surface area contributed by atoms with E-state index in [0.717, 1.165) is 19.3 Å². The normalized spacial score (nSPS) is 15.6. The molecule has 0 spiro atoms. The predicted molar refractivity (Wildman–Crippen MR) is 115 cm³/mol. The van der Waals surface area contributed by atoms with Crippen LogP contribution in [-0.2, 0) is 19.4 Å². The third-order valence-corrected chi connectivity index (χ3v) is 6.63. The van der Waals surface area contributed by atoms with Crippen molar-refractivity contribution >= 4 is 34.2 Å². The molecule has 0 aliphatic heterocycles. The van der Waals surface area contributed by atoms with Crippen LogP contribution in [0, 0.1) is 5.92 Å². The molecule has 9 heteroatoms. The van der Waals surface area contributed by atoms with Crippen LogP contribution in [0.15, 0.2) is 33.9 Å². The Morgan fingerprint density at radius 2 is 1.97 bits per heavy atom. The van der Waals surface area contributed by atoms with Gasteiger partial charge in [0.15, 0.2) is 0 Å². The van der Waals surface area contributed by atoms with Gasteiger partial charge in [0.25, 0.3) is 11.8 Å². The van der Waals surface area contributed by atoms with E-state index in [9.17, 15) is 19.2 Å². The molecule has 2 aromatic heterocycles. The summed E-state index contributed by atoms with van der Waals surface area (Å²) in [5.41, 5.74) is 5.86. The number of amides is 2. The van der Waals surface area contributed by atoms with Gasteiger partial charge in [0.1, 0.15) is 0 Å². The van der Waals surface area contributed by atoms with Gasteiger partial charge in [-0.1, -0.05) is 6.92 Å². The minimum absolute atomic E-state index is 0.249. The highest BCUT2D eigenvalue weighted by atomic mass is 32.1. The van der Waals surface area contributed by atoms with Crippen molar-refractivity contribution < 1.29 is 9.59 Å². The highest BCUT2D eigenvalue weighted by molar-refractivity contribution is 7.14. The summed E-state index contributed by atoms with van der Waals surface area (Å²) in [5, 5.41) is 0. The first-order valence-electron chi connectivity index (χ1n) is 9.86. The van der Waals surface area contributed by atoms with Crippen LogP contribution < -0.4 is 22.0 Å². The van der Waals surface area contributed by atoms with E-state index in [1.54, 1.807) is 19.1 Å². The molecule has 1 aliphatic carbocycles. The molecule has 30 heavy (non-hydrogen) atoms. The first kappa shape index (κ1) is 20.1. The number of aryl methyl sites for hydroxylation is 2. The summed E-state index contributed by atoms with van der Waals surface area (Å²) in [6.45, 7) is 4.31. The molecular formula is C21H22N4O4S. The summed E-state index contributed by atoms with van der Waals surface area (Å²) in [6.07, 6.45) is 3.09. The lowest BCUT2D eigenvalue weighted by Gasteiger charge is -2.16. The minimum atomic E-state index is -0.744. The van der Waals surface area contributed by atoms with Gasteiger partial charge in [0.2, 0.25) is 0 Å². The van der Waals surface area contributed by atoms with Crippen molar-refractivity contribution in [2.45, 2.75) is 39.7 Å². The first-order chi connectivity index (χ1) is 14.4. The van der Waals surface area contributed by atoms with Crippen LogP contribution in [0.2, 0.25) is 0 Å². The third-order valence-electron chi connectivity index (χ3n) is 5.40. The van der Waals surface area contributed by atoms with Crippen molar-refractivity contribution in [3.8, 4) is 0 Å². The standard InChI is InChI=1S/C21H22N4O4S/c1-3-25-15-6-5-12(9-14(15)22-20(28)21(25)29)18(26)23-24-19(27)17-10-13-8-11(2)4-7-16(13)30-17/h5-6,9-11H,3-4,7-8H2,1-2H3,(H,22,28)(H,23,26)(H,24,27). The van der Waals surface area contributed by atoms with Crippen LogP contribution in [0.25, 0.3) is 11.0 Å². The van der Waals surface area contributed by atoms with E-state index in [0.29, 0.717) is 28.4 Å². The minimum Gasteiger partial charge on any atom is -0.316 e. The Morgan fingerprint density at radius 1 is 1.20 bits per heavy atom. The summed E-state index contributed by atoms with van der Waals surface area (Å²) >= 11 is 1.47. The Kier molecular flexibility index (Phi) is 5.29. The molecule has 0 radical (unpaired) electrons. The summed E-state index contributed by atoms with van der Waals surface area (Å²) in [4.78, 5) is 53.0. The quantitative estimate of drug-likeness (QED) is 0.439. The van der Waals surface area contributed by atoms with E-state index in [1.807, 2.05) is 6.07 Å². The van der Waals surface area contributed by atoms with Crippen molar-refractivity contribution in [2.75, 3.05) is 0 Å². The molecule has 8 nitrogen and oxygen atoms in total. The second-order valence-corrected chi connectivity index (χ2v) is 8.69. The van der Waals surface area contributed by atoms with Crippen LogP contribution in [0.4, 0.5) is 0 Å². The second kappa shape index (κ2) is 7.91. The number of hydrogen-bond acceptors (Lipinski definition) is 5. The van der Waals surface area contributed by atoms with Gasteiger partial charge >= 0.3 is 11.1 Å². The van der Waals surface area contributed by atoms with Gasteiger partial charge in [-0.3, -0.25) is 30.0 Å². The maximum absolute atomic E-state index is 12.5. The number of H-pyrrole nitrogens is 1. The molecule has 2 heterocycles. The highest BCUT2D eigenvalue weighted by Gasteiger charge is 2.21. The van der Waals surface area contributed by atoms with E-state index < -0.39 is 17.0 Å². The van der Waals surface area contributed by atoms with Gasteiger partial charge in [-0.05, 0) is 61.9 Å². The predicted octanol–water partition coefficient (Wildman–Crippen LogP) is 1.97. The lowest BCUT2D eigenvalue weighted by atomic mass is 9.90. The van der Waals surface area contributed by atoms with Crippen molar-refractivity contribution in [1.29, 1.82) is 0 Å². The zero-order valence-corrected chi connectivity index (χ0v) is 17.5. The summed E-state index contributed by atoms with van der Waals surface area (Å²) < 4.78 is 1.34. The Labute approximate surface area is 175 Å².